The van der Waals surface area contributed by atoms with E-state index >= 15 is 0 Å². The maximum absolute atomic E-state index is 5.68. The van der Waals surface area contributed by atoms with Crippen molar-refractivity contribution in [3.05, 3.63) is 12.3 Å². The van der Waals surface area contributed by atoms with Gasteiger partial charge in [0.1, 0.15) is 5.69 Å². The second kappa shape index (κ2) is 4.36. The minimum atomic E-state index is 0.211. The molecule has 0 aliphatic rings. The lowest BCUT2D eigenvalue weighted by molar-refractivity contribution is 0.663. The molecule has 0 amide bonds. The summed E-state index contributed by atoms with van der Waals surface area (Å²) in [4.78, 5) is 14.3. The molecule has 0 saturated carbocycles. The first-order valence-electron chi connectivity index (χ1n) is 5.33. The summed E-state index contributed by atoms with van der Waals surface area (Å²) in [6.07, 6.45) is 1.72. The topological polar surface area (TPSA) is 85.8 Å². The Morgan fingerprint density at radius 1 is 1.29 bits per heavy atom. The van der Waals surface area contributed by atoms with Crippen molar-refractivity contribution in [1.82, 2.24) is 24.7 Å². The standard InChI is InChI=1S/C10H15N7/c1-4-17-7(5-6-12-17)8-13-9(11)15-10(14-8)16(2)3/h5-6H,4H2,1-3H3,(H2,11,13,14,15). The zero-order valence-electron chi connectivity index (χ0n) is 10.1. The van der Waals surface area contributed by atoms with Crippen molar-refractivity contribution in [1.29, 1.82) is 0 Å². The molecule has 0 bridgehead atoms. The molecule has 7 heteroatoms. The molecule has 0 fully saturated rings. The number of nitrogens with zero attached hydrogens (tertiary/aromatic N) is 6. The predicted molar refractivity (Wildman–Crippen MR) is 65.5 cm³/mol. The Labute approximate surface area is 99.3 Å². The summed E-state index contributed by atoms with van der Waals surface area (Å²) in [5.41, 5.74) is 6.51. The quantitative estimate of drug-likeness (QED) is 0.826. The normalized spacial score (nSPS) is 10.5. The molecule has 0 aliphatic carbocycles. The summed E-state index contributed by atoms with van der Waals surface area (Å²) >= 11 is 0. The monoisotopic (exact) mass is 233 g/mol. The van der Waals surface area contributed by atoms with Gasteiger partial charge >= 0.3 is 0 Å². The van der Waals surface area contributed by atoms with Crippen LogP contribution in [0.2, 0.25) is 0 Å². The second-order valence-corrected chi connectivity index (χ2v) is 3.74. The number of aromatic nitrogens is 5. The van der Waals surface area contributed by atoms with Crippen LogP contribution in [0.3, 0.4) is 0 Å². The first-order valence-corrected chi connectivity index (χ1v) is 5.33. The van der Waals surface area contributed by atoms with Crippen LogP contribution < -0.4 is 10.6 Å². The van der Waals surface area contributed by atoms with E-state index < -0.39 is 0 Å². The Morgan fingerprint density at radius 3 is 2.71 bits per heavy atom. The smallest absolute Gasteiger partial charge is 0.230 e. The molecule has 17 heavy (non-hydrogen) atoms. The van der Waals surface area contributed by atoms with E-state index in [1.165, 1.54) is 0 Å². The number of hydrogen-bond acceptors (Lipinski definition) is 6. The van der Waals surface area contributed by atoms with E-state index in [2.05, 4.69) is 20.1 Å². The molecule has 0 unspecified atom stereocenters. The van der Waals surface area contributed by atoms with Gasteiger partial charge in [-0.05, 0) is 13.0 Å². The molecule has 2 heterocycles. The highest BCUT2D eigenvalue weighted by Gasteiger charge is 2.11. The van der Waals surface area contributed by atoms with Crippen LogP contribution in [0, 0.1) is 0 Å². The van der Waals surface area contributed by atoms with Crippen LogP contribution in [-0.2, 0) is 6.54 Å². The van der Waals surface area contributed by atoms with Gasteiger partial charge in [0.15, 0.2) is 5.82 Å². The van der Waals surface area contributed by atoms with Crippen molar-refractivity contribution in [2.75, 3.05) is 24.7 Å². The van der Waals surface area contributed by atoms with E-state index in [1.54, 1.807) is 11.1 Å². The number of rotatable bonds is 3. The molecular formula is C10H15N7. The maximum atomic E-state index is 5.68. The van der Waals surface area contributed by atoms with Crippen LogP contribution in [-0.4, -0.2) is 38.8 Å². The van der Waals surface area contributed by atoms with Gasteiger partial charge in [0.2, 0.25) is 11.9 Å². The van der Waals surface area contributed by atoms with E-state index in [9.17, 15) is 0 Å². The summed E-state index contributed by atoms with van der Waals surface area (Å²) in [5, 5.41) is 4.18. The van der Waals surface area contributed by atoms with E-state index in [1.807, 2.05) is 31.8 Å². The summed E-state index contributed by atoms with van der Waals surface area (Å²) < 4.78 is 1.81. The SMILES string of the molecule is CCn1nccc1-c1nc(N)nc(N(C)C)n1. The predicted octanol–water partition coefficient (Wildman–Crippen LogP) is 0.403. The molecule has 0 aromatic carbocycles. The Kier molecular flexibility index (Phi) is 2.90. The maximum Gasteiger partial charge on any atom is 0.230 e. The van der Waals surface area contributed by atoms with Crippen LogP contribution >= 0.6 is 0 Å². The van der Waals surface area contributed by atoms with E-state index in [0.717, 1.165) is 12.2 Å². The van der Waals surface area contributed by atoms with Crippen molar-refractivity contribution in [3.63, 3.8) is 0 Å². The summed E-state index contributed by atoms with van der Waals surface area (Å²) in [6, 6.07) is 1.86. The van der Waals surface area contributed by atoms with Gasteiger partial charge in [-0.15, -0.1) is 0 Å². The van der Waals surface area contributed by atoms with Gasteiger partial charge in [-0.25, -0.2) is 0 Å². The molecule has 7 nitrogen and oxygen atoms in total. The van der Waals surface area contributed by atoms with E-state index in [-0.39, 0.29) is 5.95 Å². The molecule has 2 N–H and O–H groups in total. The van der Waals surface area contributed by atoms with Gasteiger partial charge in [-0.2, -0.15) is 20.1 Å². The van der Waals surface area contributed by atoms with E-state index in [0.29, 0.717) is 11.8 Å². The highest BCUT2D eigenvalue weighted by atomic mass is 15.3. The highest BCUT2D eigenvalue weighted by Crippen LogP contribution is 2.17. The molecule has 90 valence electrons. The summed E-state index contributed by atoms with van der Waals surface area (Å²) in [7, 11) is 3.71. The first-order chi connectivity index (χ1) is 8.11. The molecule has 0 radical (unpaired) electrons. The Bertz CT molecular complexity index is 517. The molecular weight excluding hydrogens is 218 g/mol. The van der Waals surface area contributed by atoms with Gasteiger partial charge in [0.05, 0.1) is 0 Å². The largest absolute Gasteiger partial charge is 0.368 e. The molecule has 0 aliphatic heterocycles. The van der Waals surface area contributed by atoms with Gasteiger partial charge in [0.25, 0.3) is 0 Å². The van der Waals surface area contributed by atoms with Crippen LogP contribution in [0.5, 0.6) is 0 Å². The molecule has 2 rings (SSSR count). The third-order valence-electron chi connectivity index (χ3n) is 2.29. The van der Waals surface area contributed by atoms with Crippen LogP contribution in [0.15, 0.2) is 12.3 Å². The van der Waals surface area contributed by atoms with Gasteiger partial charge in [-0.1, -0.05) is 0 Å². The Morgan fingerprint density at radius 2 is 2.06 bits per heavy atom. The zero-order valence-corrected chi connectivity index (χ0v) is 10.1. The van der Waals surface area contributed by atoms with Gasteiger partial charge in [0, 0.05) is 26.8 Å². The van der Waals surface area contributed by atoms with Crippen molar-refractivity contribution in [2.45, 2.75) is 13.5 Å². The van der Waals surface area contributed by atoms with Crippen molar-refractivity contribution >= 4 is 11.9 Å². The number of aryl methyl sites for hydroxylation is 1. The average Bonchev–Trinajstić information content (AvgIpc) is 2.76. The number of nitrogen functional groups attached to an aromatic ring is 1. The van der Waals surface area contributed by atoms with Crippen molar-refractivity contribution in [2.24, 2.45) is 0 Å². The fourth-order valence-electron chi connectivity index (χ4n) is 1.47. The lowest BCUT2D eigenvalue weighted by Gasteiger charge is -2.11. The summed E-state index contributed by atoms with van der Waals surface area (Å²) in [5.74, 6) is 1.29. The Hall–Kier alpha value is -2.18. The van der Waals surface area contributed by atoms with Crippen molar-refractivity contribution < 1.29 is 0 Å². The van der Waals surface area contributed by atoms with Gasteiger partial charge in [-0.3, -0.25) is 4.68 Å². The average molecular weight is 233 g/mol. The lowest BCUT2D eigenvalue weighted by Crippen LogP contribution is -2.15. The second-order valence-electron chi connectivity index (χ2n) is 3.74. The van der Waals surface area contributed by atoms with Crippen LogP contribution in [0.25, 0.3) is 11.5 Å². The molecule has 0 saturated heterocycles. The lowest BCUT2D eigenvalue weighted by atomic mass is 10.4. The molecule has 2 aromatic rings. The molecule has 2 aromatic heterocycles. The minimum absolute atomic E-state index is 0.211. The van der Waals surface area contributed by atoms with Crippen molar-refractivity contribution in [3.8, 4) is 11.5 Å². The van der Waals surface area contributed by atoms with Gasteiger partial charge < -0.3 is 10.6 Å². The molecule has 0 atom stereocenters. The first kappa shape index (κ1) is 11.3. The number of anilines is 2. The third kappa shape index (κ3) is 2.17. The highest BCUT2D eigenvalue weighted by molar-refractivity contribution is 5.53. The van der Waals surface area contributed by atoms with Crippen LogP contribution in [0.4, 0.5) is 11.9 Å². The fraction of sp³-hybridized carbons (Fsp3) is 0.400. The fourth-order valence-corrected chi connectivity index (χ4v) is 1.47. The summed E-state index contributed by atoms with van der Waals surface area (Å²) in [6.45, 7) is 2.76. The minimum Gasteiger partial charge on any atom is -0.368 e. The third-order valence-corrected chi connectivity index (χ3v) is 2.29. The Balaban J connectivity index is 2.52. The molecule has 0 spiro atoms. The zero-order chi connectivity index (χ0) is 12.4. The van der Waals surface area contributed by atoms with E-state index in [4.69, 9.17) is 5.73 Å². The number of hydrogen-bond donors (Lipinski definition) is 1. The number of nitrogens with two attached hydrogens (primary N) is 1. The van der Waals surface area contributed by atoms with Crippen LogP contribution in [0.1, 0.15) is 6.92 Å².